The van der Waals surface area contributed by atoms with Gasteiger partial charge < -0.3 is 5.73 Å². The maximum atomic E-state index is 5.57. The van der Waals surface area contributed by atoms with Crippen molar-refractivity contribution in [2.24, 2.45) is 0 Å². The molecule has 3 heteroatoms. The van der Waals surface area contributed by atoms with E-state index in [1.165, 1.54) is 36.0 Å². The van der Waals surface area contributed by atoms with Gasteiger partial charge in [-0.1, -0.05) is 18.2 Å². The number of aryl methyl sites for hydroxylation is 2. The summed E-state index contributed by atoms with van der Waals surface area (Å²) in [7, 11) is 0. The molecule has 0 amide bonds. The van der Waals surface area contributed by atoms with Gasteiger partial charge in [-0.15, -0.1) is 0 Å². The standard InChI is InChI=1S/C14H15N3/c15-13-8-16-14(17-9-13)7-10-4-5-11-2-1-3-12(11)6-10/h4-6,8-9H,1-3,7,15H2. The first-order valence-electron chi connectivity index (χ1n) is 5.98. The second-order valence-corrected chi connectivity index (χ2v) is 4.57. The third kappa shape index (κ3) is 2.13. The Bertz CT molecular complexity index is 532. The van der Waals surface area contributed by atoms with Gasteiger partial charge in [0.1, 0.15) is 5.82 Å². The molecule has 2 aromatic rings. The zero-order valence-electron chi connectivity index (χ0n) is 9.69. The second kappa shape index (κ2) is 4.17. The molecule has 1 aromatic carbocycles. The zero-order chi connectivity index (χ0) is 11.7. The minimum atomic E-state index is 0.614. The Labute approximate surface area is 101 Å². The summed E-state index contributed by atoms with van der Waals surface area (Å²) in [5.41, 5.74) is 10.5. The molecule has 0 radical (unpaired) electrons. The van der Waals surface area contributed by atoms with E-state index in [-0.39, 0.29) is 0 Å². The van der Waals surface area contributed by atoms with Crippen LogP contribution in [0.2, 0.25) is 0 Å². The maximum Gasteiger partial charge on any atom is 0.132 e. The van der Waals surface area contributed by atoms with Crippen molar-refractivity contribution >= 4 is 5.69 Å². The van der Waals surface area contributed by atoms with Crippen molar-refractivity contribution in [1.82, 2.24) is 9.97 Å². The number of rotatable bonds is 2. The summed E-state index contributed by atoms with van der Waals surface area (Å²) in [6.45, 7) is 0. The Morgan fingerprint density at radius 1 is 1.06 bits per heavy atom. The topological polar surface area (TPSA) is 51.8 Å². The van der Waals surface area contributed by atoms with E-state index in [0.29, 0.717) is 5.69 Å². The highest BCUT2D eigenvalue weighted by Gasteiger charge is 2.11. The van der Waals surface area contributed by atoms with Crippen molar-refractivity contribution < 1.29 is 0 Å². The van der Waals surface area contributed by atoms with E-state index in [0.717, 1.165) is 12.2 Å². The molecule has 0 saturated carbocycles. The van der Waals surface area contributed by atoms with Crippen LogP contribution in [0.5, 0.6) is 0 Å². The van der Waals surface area contributed by atoms with Crippen LogP contribution in [0.1, 0.15) is 28.9 Å². The van der Waals surface area contributed by atoms with Crippen LogP contribution in [0.4, 0.5) is 5.69 Å². The van der Waals surface area contributed by atoms with Crippen LogP contribution >= 0.6 is 0 Å². The first kappa shape index (κ1) is 10.3. The van der Waals surface area contributed by atoms with Crippen molar-refractivity contribution in [2.75, 3.05) is 5.73 Å². The summed E-state index contributed by atoms with van der Waals surface area (Å²) in [5, 5.41) is 0. The van der Waals surface area contributed by atoms with Gasteiger partial charge in [-0.05, 0) is 36.0 Å². The molecule has 1 aromatic heterocycles. The van der Waals surface area contributed by atoms with Crippen LogP contribution < -0.4 is 5.73 Å². The molecule has 3 rings (SSSR count). The van der Waals surface area contributed by atoms with Gasteiger partial charge in [0.05, 0.1) is 18.1 Å². The van der Waals surface area contributed by atoms with Crippen LogP contribution in [0.3, 0.4) is 0 Å². The van der Waals surface area contributed by atoms with Gasteiger partial charge in [0.2, 0.25) is 0 Å². The molecule has 0 saturated heterocycles. The number of fused-ring (bicyclic) bond motifs is 1. The summed E-state index contributed by atoms with van der Waals surface area (Å²) in [4.78, 5) is 8.46. The molecule has 1 aliphatic carbocycles. The third-order valence-electron chi connectivity index (χ3n) is 3.25. The van der Waals surface area contributed by atoms with E-state index in [1.54, 1.807) is 12.4 Å². The first-order chi connectivity index (χ1) is 8.31. The number of nitrogen functional groups attached to an aromatic ring is 1. The summed E-state index contributed by atoms with van der Waals surface area (Å²) >= 11 is 0. The second-order valence-electron chi connectivity index (χ2n) is 4.57. The van der Waals surface area contributed by atoms with E-state index in [2.05, 4.69) is 28.2 Å². The van der Waals surface area contributed by atoms with Crippen molar-refractivity contribution in [1.29, 1.82) is 0 Å². The molecule has 2 N–H and O–H groups in total. The summed E-state index contributed by atoms with van der Waals surface area (Å²) in [6, 6.07) is 6.72. The SMILES string of the molecule is Nc1cnc(Cc2ccc3c(c2)CCC3)nc1. The van der Waals surface area contributed by atoms with E-state index < -0.39 is 0 Å². The molecule has 0 bridgehead atoms. The minimum absolute atomic E-state index is 0.614. The highest BCUT2D eigenvalue weighted by molar-refractivity contribution is 5.36. The number of benzene rings is 1. The molecule has 3 nitrogen and oxygen atoms in total. The Kier molecular flexibility index (Phi) is 2.52. The van der Waals surface area contributed by atoms with Crippen molar-refractivity contribution in [3.05, 3.63) is 53.1 Å². The van der Waals surface area contributed by atoms with Gasteiger partial charge in [-0.3, -0.25) is 0 Å². The Morgan fingerprint density at radius 3 is 2.65 bits per heavy atom. The van der Waals surface area contributed by atoms with Crippen LogP contribution in [-0.2, 0) is 19.3 Å². The van der Waals surface area contributed by atoms with Gasteiger partial charge in [0.15, 0.2) is 0 Å². The molecule has 0 spiro atoms. The van der Waals surface area contributed by atoms with Crippen LogP contribution in [0.15, 0.2) is 30.6 Å². The lowest BCUT2D eigenvalue weighted by Gasteiger charge is -2.04. The van der Waals surface area contributed by atoms with Crippen LogP contribution in [-0.4, -0.2) is 9.97 Å². The summed E-state index contributed by atoms with van der Waals surface area (Å²) in [6.07, 6.45) is 7.84. The fourth-order valence-electron chi connectivity index (χ4n) is 2.37. The number of nitrogens with two attached hydrogens (primary N) is 1. The Morgan fingerprint density at radius 2 is 1.82 bits per heavy atom. The molecule has 0 unspecified atom stereocenters. The average molecular weight is 225 g/mol. The lowest BCUT2D eigenvalue weighted by molar-refractivity contribution is 0.911. The minimum Gasteiger partial charge on any atom is -0.396 e. The van der Waals surface area contributed by atoms with Gasteiger partial charge in [-0.2, -0.15) is 0 Å². The first-order valence-corrected chi connectivity index (χ1v) is 5.98. The molecule has 0 atom stereocenters. The maximum absolute atomic E-state index is 5.57. The van der Waals surface area contributed by atoms with E-state index >= 15 is 0 Å². The lowest BCUT2D eigenvalue weighted by Crippen LogP contribution is -1.98. The molecule has 17 heavy (non-hydrogen) atoms. The normalized spacial score (nSPS) is 13.6. The monoisotopic (exact) mass is 225 g/mol. The van der Waals surface area contributed by atoms with E-state index in [9.17, 15) is 0 Å². The molecule has 86 valence electrons. The summed E-state index contributed by atoms with van der Waals surface area (Å²) < 4.78 is 0. The van der Waals surface area contributed by atoms with Crippen molar-refractivity contribution in [2.45, 2.75) is 25.7 Å². The van der Waals surface area contributed by atoms with Gasteiger partial charge in [-0.25, -0.2) is 9.97 Å². The Balaban J connectivity index is 1.83. The third-order valence-corrected chi connectivity index (χ3v) is 3.25. The number of hydrogen-bond acceptors (Lipinski definition) is 3. The average Bonchev–Trinajstić information content (AvgIpc) is 2.79. The smallest absolute Gasteiger partial charge is 0.132 e. The van der Waals surface area contributed by atoms with E-state index in [4.69, 9.17) is 5.73 Å². The molecule has 1 heterocycles. The van der Waals surface area contributed by atoms with Crippen LogP contribution in [0, 0.1) is 0 Å². The van der Waals surface area contributed by atoms with Gasteiger partial charge in [0, 0.05) is 6.42 Å². The predicted molar refractivity (Wildman–Crippen MR) is 67.7 cm³/mol. The van der Waals surface area contributed by atoms with Crippen molar-refractivity contribution in [3.63, 3.8) is 0 Å². The molecule has 1 aliphatic rings. The number of hydrogen-bond donors (Lipinski definition) is 1. The predicted octanol–water partition coefficient (Wildman–Crippen LogP) is 2.14. The quantitative estimate of drug-likeness (QED) is 0.852. The van der Waals surface area contributed by atoms with Crippen molar-refractivity contribution in [3.8, 4) is 0 Å². The summed E-state index contributed by atoms with van der Waals surface area (Å²) in [5.74, 6) is 0.831. The Hall–Kier alpha value is -1.90. The molecular formula is C14H15N3. The molecular weight excluding hydrogens is 210 g/mol. The number of aromatic nitrogens is 2. The zero-order valence-corrected chi connectivity index (χ0v) is 9.69. The lowest BCUT2D eigenvalue weighted by atomic mass is 10.0. The molecule has 0 fully saturated rings. The fourth-order valence-corrected chi connectivity index (χ4v) is 2.37. The largest absolute Gasteiger partial charge is 0.396 e. The van der Waals surface area contributed by atoms with E-state index in [1.807, 2.05) is 0 Å². The van der Waals surface area contributed by atoms with Crippen LogP contribution in [0.25, 0.3) is 0 Å². The number of anilines is 1. The molecule has 0 aliphatic heterocycles. The number of nitrogens with zero attached hydrogens (tertiary/aromatic N) is 2. The highest BCUT2D eigenvalue weighted by atomic mass is 14.9. The fraction of sp³-hybridized carbons (Fsp3) is 0.286. The van der Waals surface area contributed by atoms with Gasteiger partial charge in [0.25, 0.3) is 0 Å². The van der Waals surface area contributed by atoms with Gasteiger partial charge >= 0.3 is 0 Å². The highest BCUT2D eigenvalue weighted by Crippen LogP contribution is 2.23.